The van der Waals surface area contributed by atoms with E-state index in [1.54, 1.807) is 0 Å². The topological polar surface area (TPSA) is 9.23 Å². The van der Waals surface area contributed by atoms with E-state index in [1.165, 1.54) is 5.56 Å². The van der Waals surface area contributed by atoms with Crippen molar-refractivity contribution in [3.8, 4) is 0 Å². The summed E-state index contributed by atoms with van der Waals surface area (Å²) in [5.41, 5.74) is 1.25. The molecule has 3 heteroatoms. The highest BCUT2D eigenvalue weighted by Crippen LogP contribution is 2.34. The summed E-state index contributed by atoms with van der Waals surface area (Å²) in [5.74, 6) is 0. The Labute approximate surface area is 94.7 Å². The molecule has 0 radical (unpaired) electrons. The first-order valence-corrected chi connectivity index (χ1v) is 5.99. The molecule has 0 N–H and O–H groups in total. The second-order valence-corrected chi connectivity index (χ2v) is 5.24. The lowest BCUT2D eigenvalue weighted by Gasteiger charge is -2.13. The maximum Gasteiger partial charge on any atom is 0.0950 e. The number of alkyl halides is 1. The minimum Gasteiger partial charge on any atom is -0.372 e. The molecule has 1 nitrogen and oxygen atoms in total. The van der Waals surface area contributed by atoms with Crippen molar-refractivity contribution >= 4 is 31.9 Å². The zero-order valence-electron chi connectivity index (χ0n) is 7.04. The van der Waals surface area contributed by atoms with E-state index in [4.69, 9.17) is 4.74 Å². The predicted octanol–water partition coefficient (Wildman–Crippen LogP) is 3.67. The second kappa shape index (κ2) is 4.11. The van der Waals surface area contributed by atoms with E-state index in [1.807, 2.05) is 0 Å². The van der Waals surface area contributed by atoms with Gasteiger partial charge >= 0.3 is 0 Å². The first kappa shape index (κ1) is 9.69. The Bertz CT molecular complexity index is 283. The second-order valence-electron chi connectivity index (χ2n) is 3.15. The maximum absolute atomic E-state index is 5.63. The smallest absolute Gasteiger partial charge is 0.0950 e. The van der Waals surface area contributed by atoms with Gasteiger partial charge in [0.25, 0.3) is 0 Å². The lowest BCUT2D eigenvalue weighted by atomic mass is 10.1. The molecule has 0 spiro atoms. The van der Waals surface area contributed by atoms with Crippen LogP contribution >= 0.6 is 31.9 Å². The fraction of sp³-hybridized carbons (Fsp3) is 0.400. The predicted molar refractivity (Wildman–Crippen MR) is 60.2 cm³/mol. The summed E-state index contributed by atoms with van der Waals surface area (Å²) in [5, 5.41) is 0. The van der Waals surface area contributed by atoms with Crippen LogP contribution in [0.1, 0.15) is 18.1 Å². The average molecular weight is 306 g/mol. The molecular weight excluding hydrogens is 296 g/mol. The third-order valence-corrected chi connectivity index (χ3v) is 3.68. The first-order chi connectivity index (χ1) is 6.27. The van der Waals surface area contributed by atoms with Crippen LogP contribution in [0.5, 0.6) is 0 Å². The summed E-state index contributed by atoms with van der Waals surface area (Å²) in [6, 6.07) is 8.32. The molecule has 0 bridgehead atoms. The average Bonchev–Trinajstić information content (AvgIpc) is 2.53. The van der Waals surface area contributed by atoms with Crippen LogP contribution in [0.2, 0.25) is 0 Å². The zero-order valence-corrected chi connectivity index (χ0v) is 10.2. The molecule has 0 aliphatic carbocycles. The van der Waals surface area contributed by atoms with Crippen LogP contribution in [0.3, 0.4) is 0 Å². The molecule has 13 heavy (non-hydrogen) atoms. The number of rotatable bonds is 1. The molecule has 2 atom stereocenters. The summed E-state index contributed by atoms with van der Waals surface area (Å²) in [7, 11) is 0. The van der Waals surface area contributed by atoms with Crippen molar-refractivity contribution in [1.82, 2.24) is 0 Å². The van der Waals surface area contributed by atoms with E-state index in [9.17, 15) is 0 Å². The van der Waals surface area contributed by atoms with Crippen LogP contribution in [-0.4, -0.2) is 11.4 Å². The van der Waals surface area contributed by atoms with Crippen molar-refractivity contribution < 1.29 is 4.74 Å². The molecule has 1 heterocycles. The van der Waals surface area contributed by atoms with Crippen molar-refractivity contribution in [2.45, 2.75) is 17.4 Å². The van der Waals surface area contributed by atoms with Gasteiger partial charge < -0.3 is 4.74 Å². The van der Waals surface area contributed by atoms with Crippen LogP contribution in [0.25, 0.3) is 0 Å². The van der Waals surface area contributed by atoms with E-state index in [2.05, 4.69) is 56.1 Å². The third-order valence-electron chi connectivity index (χ3n) is 2.22. The standard InChI is InChI=1S/C10H10Br2O/c11-8-3-1-7(2-4-8)10-9(12)5-6-13-10/h1-4,9-10H,5-6H2. The summed E-state index contributed by atoms with van der Waals surface area (Å²) >= 11 is 7.04. The van der Waals surface area contributed by atoms with E-state index in [0.29, 0.717) is 4.83 Å². The van der Waals surface area contributed by atoms with Crippen molar-refractivity contribution in [1.29, 1.82) is 0 Å². The molecule has 0 amide bonds. The van der Waals surface area contributed by atoms with Gasteiger partial charge in [0.1, 0.15) is 0 Å². The van der Waals surface area contributed by atoms with Gasteiger partial charge in [-0.3, -0.25) is 0 Å². The number of benzene rings is 1. The van der Waals surface area contributed by atoms with Crippen LogP contribution in [0.15, 0.2) is 28.7 Å². The molecule has 1 aliphatic heterocycles. The Kier molecular flexibility index (Phi) is 3.06. The van der Waals surface area contributed by atoms with Crippen LogP contribution < -0.4 is 0 Å². The highest BCUT2D eigenvalue weighted by molar-refractivity contribution is 9.10. The first-order valence-electron chi connectivity index (χ1n) is 4.28. The van der Waals surface area contributed by atoms with Gasteiger partial charge in [-0.25, -0.2) is 0 Å². The highest BCUT2D eigenvalue weighted by atomic mass is 79.9. The Morgan fingerprint density at radius 1 is 1.23 bits per heavy atom. The van der Waals surface area contributed by atoms with Crippen LogP contribution in [-0.2, 0) is 4.74 Å². The van der Waals surface area contributed by atoms with Gasteiger partial charge in [0, 0.05) is 15.9 Å². The van der Waals surface area contributed by atoms with Gasteiger partial charge in [-0.2, -0.15) is 0 Å². The number of hydrogen-bond acceptors (Lipinski definition) is 1. The number of halogens is 2. The molecule has 1 aliphatic rings. The molecule has 0 aromatic heterocycles. The van der Waals surface area contributed by atoms with Gasteiger partial charge in [-0.15, -0.1) is 0 Å². The Balaban J connectivity index is 2.20. The molecule has 1 aromatic rings. The van der Waals surface area contributed by atoms with Gasteiger partial charge in [0.15, 0.2) is 0 Å². The Morgan fingerprint density at radius 2 is 1.92 bits per heavy atom. The Morgan fingerprint density at radius 3 is 2.46 bits per heavy atom. The van der Waals surface area contributed by atoms with Crippen LogP contribution in [0.4, 0.5) is 0 Å². The largest absolute Gasteiger partial charge is 0.372 e. The molecule has 70 valence electrons. The molecule has 2 unspecified atom stereocenters. The summed E-state index contributed by atoms with van der Waals surface area (Å²) in [6.07, 6.45) is 1.33. The summed E-state index contributed by atoms with van der Waals surface area (Å²) in [4.78, 5) is 0.466. The van der Waals surface area contributed by atoms with E-state index in [-0.39, 0.29) is 6.10 Å². The van der Waals surface area contributed by atoms with Crippen molar-refractivity contribution in [3.05, 3.63) is 34.3 Å². The summed E-state index contributed by atoms with van der Waals surface area (Å²) in [6.45, 7) is 0.858. The quantitative estimate of drug-likeness (QED) is 0.719. The Hall–Kier alpha value is 0.140. The van der Waals surface area contributed by atoms with Gasteiger partial charge in [-0.1, -0.05) is 44.0 Å². The number of ether oxygens (including phenoxy) is 1. The molecular formula is C10H10Br2O. The van der Waals surface area contributed by atoms with Crippen molar-refractivity contribution in [2.24, 2.45) is 0 Å². The minimum atomic E-state index is 0.230. The molecule has 1 saturated heterocycles. The highest BCUT2D eigenvalue weighted by Gasteiger charge is 2.26. The monoisotopic (exact) mass is 304 g/mol. The maximum atomic E-state index is 5.63. The normalized spacial score (nSPS) is 27.8. The molecule has 0 saturated carbocycles. The molecule has 2 rings (SSSR count). The van der Waals surface area contributed by atoms with Gasteiger partial charge in [-0.05, 0) is 24.1 Å². The van der Waals surface area contributed by atoms with Gasteiger partial charge in [0.05, 0.1) is 6.10 Å². The fourth-order valence-corrected chi connectivity index (χ4v) is 2.43. The van der Waals surface area contributed by atoms with E-state index in [0.717, 1.165) is 17.5 Å². The molecule has 1 fully saturated rings. The lowest BCUT2D eigenvalue weighted by molar-refractivity contribution is 0.114. The van der Waals surface area contributed by atoms with Gasteiger partial charge in [0.2, 0.25) is 0 Å². The van der Waals surface area contributed by atoms with E-state index < -0.39 is 0 Å². The third kappa shape index (κ3) is 2.14. The lowest BCUT2D eigenvalue weighted by Crippen LogP contribution is -2.05. The fourth-order valence-electron chi connectivity index (χ4n) is 1.52. The van der Waals surface area contributed by atoms with Crippen molar-refractivity contribution in [2.75, 3.05) is 6.61 Å². The summed E-state index contributed by atoms with van der Waals surface area (Å²) < 4.78 is 6.74. The minimum absolute atomic E-state index is 0.230. The number of hydrogen-bond donors (Lipinski definition) is 0. The molecule has 1 aromatic carbocycles. The zero-order chi connectivity index (χ0) is 9.26. The SMILES string of the molecule is Brc1ccc(C2OCCC2Br)cc1. The van der Waals surface area contributed by atoms with E-state index >= 15 is 0 Å². The van der Waals surface area contributed by atoms with Crippen molar-refractivity contribution in [3.63, 3.8) is 0 Å². The van der Waals surface area contributed by atoms with Crippen LogP contribution in [0, 0.1) is 0 Å².